The van der Waals surface area contributed by atoms with Crippen LogP contribution in [0.1, 0.15) is 36.3 Å². The lowest BCUT2D eigenvalue weighted by atomic mass is 10.0. The van der Waals surface area contributed by atoms with E-state index >= 15 is 0 Å². The second-order valence-electron chi connectivity index (χ2n) is 6.23. The third-order valence-electron chi connectivity index (χ3n) is 4.41. The summed E-state index contributed by atoms with van der Waals surface area (Å²) in [6.07, 6.45) is 6.14. The van der Waals surface area contributed by atoms with Crippen molar-refractivity contribution in [3.05, 3.63) is 24.1 Å². The Balaban J connectivity index is 1.52. The average Bonchev–Trinajstić information content (AvgIpc) is 2.87. The van der Waals surface area contributed by atoms with Crippen molar-refractivity contribution in [2.24, 2.45) is 7.05 Å². The Kier molecular flexibility index (Phi) is 2.95. The van der Waals surface area contributed by atoms with Crippen LogP contribution in [-0.4, -0.2) is 50.8 Å². The number of aryl methyl sites for hydroxylation is 1. The lowest BCUT2D eigenvalue weighted by Crippen LogP contribution is -2.28. The van der Waals surface area contributed by atoms with E-state index in [0.717, 1.165) is 19.0 Å². The van der Waals surface area contributed by atoms with Gasteiger partial charge in [-0.05, 0) is 19.9 Å². The largest absolute Gasteiger partial charge is 0.408 e. The van der Waals surface area contributed by atoms with Crippen LogP contribution in [0.25, 0.3) is 0 Å². The number of imidazole rings is 1. The fourth-order valence-corrected chi connectivity index (χ4v) is 3.12. The molecule has 1 aliphatic carbocycles. The van der Waals surface area contributed by atoms with Crippen LogP contribution in [0, 0.1) is 0 Å². The summed E-state index contributed by atoms with van der Waals surface area (Å²) in [4.78, 5) is 6.55. The molecule has 0 spiro atoms. The van der Waals surface area contributed by atoms with Gasteiger partial charge in [0.15, 0.2) is 0 Å². The van der Waals surface area contributed by atoms with E-state index in [-0.39, 0.29) is 6.04 Å². The van der Waals surface area contributed by atoms with Crippen LogP contribution in [0.4, 0.5) is 6.01 Å². The van der Waals surface area contributed by atoms with E-state index in [9.17, 15) is 0 Å². The van der Waals surface area contributed by atoms with E-state index in [0.29, 0.717) is 17.9 Å². The maximum absolute atomic E-state index is 5.73. The van der Waals surface area contributed by atoms with Gasteiger partial charge in [-0.25, -0.2) is 4.98 Å². The average molecular weight is 288 g/mol. The van der Waals surface area contributed by atoms with E-state index in [1.54, 1.807) is 0 Å². The van der Waals surface area contributed by atoms with Crippen LogP contribution in [0.5, 0.6) is 0 Å². The van der Waals surface area contributed by atoms with Crippen molar-refractivity contribution in [2.75, 3.05) is 25.5 Å². The molecule has 0 amide bonds. The number of anilines is 1. The normalized spacial score (nSPS) is 26.4. The number of likely N-dealkylation sites (N-methyl/N-ethyl adjacent to an activating group) is 1. The summed E-state index contributed by atoms with van der Waals surface area (Å²) in [7, 11) is 4.17. The van der Waals surface area contributed by atoms with Crippen molar-refractivity contribution in [1.29, 1.82) is 0 Å². The topological polar surface area (TPSA) is 72.0 Å². The van der Waals surface area contributed by atoms with Gasteiger partial charge in [0.1, 0.15) is 0 Å². The Morgan fingerprint density at radius 3 is 2.81 bits per heavy atom. The lowest BCUT2D eigenvalue weighted by Gasteiger charge is -2.18. The van der Waals surface area contributed by atoms with Crippen molar-refractivity contribution in [2.45, 2.75) is 30.7 Å². The van der Waals surface area contributed by atoms with Gasteiger partial charge in [-0.15, -0.1) is 5.10 Å². The Labute approximate surface area is 123 Å². The highest BCUT2D eigenvalue weighted by molar-refractivity contribution is 5.27. The minimum absolute atomic E-state index is 0.262. The summed E-state index contributed by atoms with van der Waals surface area (Å²) in [5.74, 6) is 1.65. The second kappa shape index (κ2) is 4.84. The monoisotopic (exact) mass is 288 g/mol. The van der Waals surface area contributed by atoms with Gasteiger partial charge in [0, 0.05) is 43.9 Å². The molecule has 112 valence electrons. The van der Waals surface area contributed by atoms with Gasteiger partial charge in [-0.1, -0.05) is 5.10 Å². The third kappa shape index (κ3) is 2.42. The van der Waals surface area contributed by atoms with E-state index in [4.69, 9.17) is 4.42 Å². The summed E-state index contributed by atoms with van der Waals surface area (Å²) in [6, 6.07) is 0.808. The van der Waals surface area contributed by atoms with Crippen LogP contribution in [0.3, 0.4) is 0 Å². The van der Waals surface area contributed by atoms with Crippen LogP contribution in [0.15, 0.2) is 16.9 Å². The molecule has 0 aromatic carbocycles. The van der Waals surface area contributed by atoms with E-state index in [1.165, 1.54) is 18.5 Å². The zero-order valence-electron chi connectivity index (χ0n) is 12.4. The van der Waals surface area contributed by atoms with Crippen molar-refractivity contribution in [3.8, 4) is 0 Å². The summed E-state index contributed by atoms with van der Waals surface area (Å²) >= 11 is 0. The maximum atomic E-state index is 5.73. The van der Waals surface area contributed by atoms with Crippen molar-refractivity contribution < 1.29 is 4.42 Å². The second-order valence-corrected chi connectivity index (χ2v) is 6.23. The SMILES string of the molecule is CN1C[C@@H](Nc2nnc(C3CC3)o2)[C@H](c2cncn2C)C1. The first-order valence-corrected chi connectivity index (χ1v) is 7.45. The molecule has 1 saturated carbocycles. The molecule has 2 aliphatic rings. The third-order valence-corrected chi connectivity index (χ3v) is 4.41. The number of nitrogens with zero attached hydrogens (tertiary/aromatic N) is 5. The highest BCUT2D eigenvalue weighted by atomic mass is 16.4. The summed E-state index contributed by atoms with van der Waals surface area (Å²) in [6.45, 7) is 1.96. The van der Waals surface area contributed by atoms with E-state index in [2.05, 4.69) is 37.0 Å². The predicted octanol–water partition coefficient (Wildman–Crippen LogP) is 1.19. The number of aromatic nitrogens is 4. The van der Waals surface area contributed by atoms with Crippen LogP contribution >= 0.6 is 0 Å². The summed E-state index contributed by atoms with van der Waals surface area (Å²) in [5, 5.41) is 11.7. The molecule has 1 aliphatic heterocycles. The van der Waals surface area contributed by atoms with E-state index < -0.39 is 0 Å². The molecular formula is C14H20N6O. The van der Waals surface area contributed by atoms with E-state index in [1.807, 2.05) is 19.6 Å². The molecule has 2 atom stereocenters. The minimum atomic E-state index is 0.262. The molecule has 2 aromatic heterocycles. The predicted molar refractivity (Wildman–Crippen MR) is 77.1 cm³/mol. The van der Waals surface area contributed by atoms with Crippen molar-refractivity contribution >= 4 is 6.01 Å². The molecule has 0 radical (unpaired) electrons. The molecule has 2 fully saturated rings. The Morgan fingerprint density at radius 2 is 2.10 bits per heavy atom. The van der Waals surface area contributed by atoms with Crippen LogP contribution in [-0.2, 0) is 7.05 Å². The first kappa shape index (κ1) is 12.8. The molecule has 0 unspecified atom stereocenters. The van der Waals surface area contributed by atoms with Crippen LogP contribution in [0.2, 0.25) is 0 Å². The fraction of sp³-hybridized carbons (Fsp3) is 0.643. The van der Waals surface area contributed by atoms with Gasteiger partial charge in [-0.2, -0.15) is 0 Å². The molecule has 4 rings (SSSR count). The number of nitrogens with one attached hydrogen (secondary N) is 1. The Morgan fingerprint density at radius 1 is 1.24 bits per heavy atom. The van der Waals surface area contributed by atoms with Gasteiger partial charge in [0.05, 0.1) is 12.4 Å². The zero-order valence-corrected chi connectivity index (χ0v) is 12.4. The molecular weight excluding hydrogens is 268 g/mol. The van der Waals surface area contributed by atoms with Gasteiger partial charge >= 0.3 is 6.01 Å². The molecule has 1 saturated heterocycles. The number of rotatable bonds is 4. The molecule has 7 nitrogen and oxygen atoms in total. The lowest BCUT2D eigenvalue weighted by molar-refractivity contribution is 0.407. The number of hydrogen-bond acceptors (Lipinski definition) is 6. The fourth-order valence-electron chi connectivity index (χ4n) is 3.12. The molecule has 0 bridgehead atoms. The van der Waals surface area contributed by atoms with Gasteiger partial charge in [0.25, 0.3) is 0 Å². The zero-order chi connectivity index (χ0) is 14.4. The minimum Gasteiger partial charge on any atom is -0.408 e. The Hall–Kier alpha value is -1.89. The van der Waals surface area contributed by atoms with Crippen molar-refractivity contribution in [1.82, 2.24) is 24.6 Å². The van der Waals surface area contributed by atoms with Gasteiger partial charge in [-0.3, -0.25) is 0 Å². The summed E-state index contributed by atoms with van der Waals surface area (Å²) < 4.78 is 7.81. The summed E-state index contributed by atoms with van der Waals surface area (Å²) in [5.41, 5.74) is 1.23. The first-order chi connectivity index (χ1) is 10.2. The number of likely N-dealkylation sites (tertiary alicyclic amines) is 1. The highest BCUT2D eigenvalue weighted by Gasteiger charge is 2.35. The maximum Gasteiger partial charge on any atom is 0.315 e. The standard InChI is InChI=1S/C14H20N6O/c1-19-6-10(12-5-15-8-20(12)2)11(7-19)16-14-18-17-13(21-14)9-3-4-9/h5,8-11H,3-4,6-7H2,1-2H3,(H,16,18)/t10-,11-/m1/s1. The molecule has 1 N–H and O–H groups in total. The Bertz CT molecular complexity index is 631. The highest BCUT2D eigenvalue weighted by Crippen LogP contribution is 2.39. The van der Waals surface area contributed by atoms with Gasteiger partial charge < -0.3 is 19.2 Å². The smallest absolute Gasteiger partial charge is 0.315 e. The number of hydrogen-bond donors (Lipinski definition) is 1. The molecule has 7 heteroatoms. The molecule has 3 heterocycles. The van der Waals surface area contributed by atoms with Gasteiger partial charge in [0.2, 0.25) is 5.89 Å². The van der Waals surface area contributed by atoms with Crippen molar-refractivity contribution in [3.63, 3.8) is 0 Å². The molecule has 21 heavy (non-hydrogen) atoms. The quantitative estimate of drug-likeness (QED) is 0.911. The first-order valence-electron chi connectivity index (χ1n) is 7.45. The molecule has 2 aromatic rings. The van der Waals surface area contributed by atoms with Crippen LogP contribution < -0.4 is 5.32 Å².